The average molecular weight is 583 g/mol. The predicted molar refractivity (Wildman–Crippen MR) is 156 cm³/mol. The number of nitrogens with zero attached hydrogens (tertiary/aromatic N) is 1. The van der Waals surface area contributed by atoms with E-state index in [0.717, 1.165) is 22.0 Å². The van der Waals surface area contributed by atoms with Gasteiger partial charge in [-0.15, -0.1) is 0 Å². The molecule has 2 heterocycles. The summed E-state index contributed by atoms with van der Waals surface area (Å²) in [7, 11) is -3.92. The summed E-state index contributed by atoms with van der Waals surface area (Å²) < 4.78 is 28.7. The molecule has 0 saturated carbocycles. The van der Waals surface area contributed by atoms with Gasteiger partial charge in [-0.3, -0.25) is 9.59 Å². The molecular formula is C30H38N4O6S. The smallest absolute Gasteiger partial charge is 0.326 e. The van der Waals surface area contributed by atoms with E-state index >= 15 is 0 Å². The third-order valence-electron chi connectivity index (χ3n) is 7.98. The fourth-order valence-electron chi connectivity index (χ4n) is 5.17. The van der Waals surface area contributed by atoms with Crippen molar-refractivity contribution in [2.75, 3.05) is 13.1 Å². The zero-order valence-electron chi connectivity index (χ0n) is 23.6. The monoisotopic (exact) mass is 582 g/mol. The zero-order valence-corrected chi connectivity index (χ0v) is 24.4. The molecule has 3 atom stereocenters. The Morgan fingerprint density at radius 3 is 2.37 bits per heavy atom. The van der Waals surface area contributed by atoms with Gasteiger partial charge in [-0.25, -0.2) is 13.2 Å². The summed E-state index contributed by atoms with van der Waals surface area (Å²) in [5.74, 6) is -2.49. The maximum absolute atomic E-state index is 13.5. The molecule has 220 valence electrons. The van der Waals surface area contributed by atoms with Crippen molar-refractivity contribution in [3.05, 3.63) is 65.9 Å². The Bertz CT molecular complexity index is 1490. The number of sulfonamides is 1. The number of carboxylic acids is 1. The van der Waals surface area contributed by atoms with Crippen LogP contribution < -0.4 is 10.0 Å². The number of fused-ring (bicyclic) bond motifs is 1. The van der Waals surface area contributed by atoms with Gasteiger partial charge in [0, 0.05) is 42.5 Å². The summed E-state index contributed by atoms with van der Waals surface area (Å²) in [5.41, 5.74) is 2.63. The Balaban J connectivity index is 1.37. The van der Waals surface area contributed by atoms with Crippen molar-refractivity contribution >= 4 is 38.7 Å². The lowest BCUT2D eigenvalue weighted by Crippen LogP contribution is -2.54. The van der Waals surface area contributed by atoms with Crippen LogP contribution in [0.3, 0.4) is 0 Å². The number of hydrogen-bond donors (Lipinski definition) is 4. The van der Waals surface area contributed by atoms with Gasteiger partial charge in [-0.1, -0.05) is 56.2 Å². The maximum Gasteiger partial charge on any atom is 0.326 e. The highest BCUT2D eigenvalue weighted by atomic mass is 32.2. The van der Waals surface area contributed by atoms with E-state index in [-0.39, 0.29) is 42.1 Å². The van der Waals surface area contributed by atoms with Crippen molar-refractivity contribution in [2.24, 2.45) is 11.8 Å². The van der Waals surface area contributed by atoms with E-state index in [1.54, 1.807) is 23.2 Å². The fraction of sp³-hybridized carbons (Fsp3) is 0.433. The van der Waals surface area contributed by atoms with Crippen molar-refractivity contribution in [3.8, 4) is 0 Å². The second kappa shape index (κ2) is 12.9. The van der Waals surface area contributed by atoms with Crippen LogP contribution in [0.25, 0.3) is 10.9 Å². The van der Waals surface area contributed by atoms with Gasteiger partial charge in [0.1, 0.15) is 12.1 Å². The lowest BCUT2D eigenvalue weighted by atomic mass is 9.93. The van der Waals surface area contributed by atoms with Gasteiger partial charge in [0.25, 0.3) is 0 Å². The molecular weight excluding hydrogens is 544 g/mol. The molecule has 0 aliphatic carbocycles. The molecule has 1 aliphatic rings. The maximum atomic E-state index is 13.5. The van der Waals surface area contributed by atoms with Crippen molar-refractivity contribution in [2.45, 2.75) is 63.4 Å². The number of aromatic amines is 1. The van der Waals surface area contributed by atoms with Crippen LogP contribution in [0.2, 0.25) is 0 Å². The second-order valence-corrected chi connectivity index (χ2v) is 12.6. The molecule has 0 spiro atoms. The number of benzene rings is 2. The average Bonchev–Trinajstić information content (AvgIpc) is 3.37. The standard InChI is InChI=1S/C30H38N4O6S/c1-4-20(3)27(33-41(39,40)23-11-9-19(2)10-12-23)29(36)34-15-13-21(14-16-34)28(35)32-26(30(37)38)17-22-18-31-25-8-6-5-7-24(22)25/h5-12,18,20-21,26-27,31,33H,4,13-17H2,1-3H3,(H,32,35)(H,37,38)/t20?,26-,27-/m0/s1. The molecule has 4 N–H and O–H groups in total. The van der Waals surface area contributed by atoms with Gasteiger partial charge in [0.2, 0.25) is 21.8 Å². The Hall–Kier alpha value is -3.70. The molecule has 0 radical (unpaired) electrons. The topological polar surface area (TPSA) is 149 Å². The molecule has 0 bridgehead atoms. The van der Waals surface area contributed by atoms with Gasteiger partial charge >= 0.3 is 5.97 Å². The van der Waals surface area contributed by atoms with Crippen molar-refractivity contribution < 1.29 is 27.9 Å². The Morgan fingerprint density at radius 2 is 1.73 bits per heavy atom. The number of aryl methyl sites for hydroxylation is 1. The number of amides is 2. The van der Waals surface area contributed by atoms with Crippen molar-refractivity contribution in [1.82, 2.24) is 19.9 Å². The van der Waals surface area contributed by atoms with E-state index in [1.807, 2.05) is 45.0 Å². The molecule has 10 nitrogen and oxygen atoms in total. The first kappa shape index (κ1) is 30.3. The van der Waals surface area contributed by atoms with E-state index in [0.29, 0.717) is 19.3 Å². The second-order valence-electron chi connectivity index (χ2n) is 10.9. The number of H-pyrrole nitrogens is 1. The van der Waals surface area contributed by atoms with E-state index in [9.17, 15) is 27.9 Å². The number of likely N-dealkylation sites (tertiary alicyclic amines) is 1. The summed E-state index contributed by atoms with van der Waals surface area (Å²) >= 11 is 0. The largest absolute Gasteiger partial charge is 0.480 e. The number of carbonyl (C=O) groups excluding carboxylic acids is 2. The number of carbonyl (C=O) groups is 3. The third kappa shape index (κ3) is 7.15. The number of nitrogens with one attached hydrogen (secondary N) is 3. The van der Waals surface area contributed by atoms with Gasteiger partial charge in [0.15, 0.2) is 0 Å². The van der Waals surface area contributed by atoms with Crippen LogP contribution in [0.5, 0.6) is 0 Å². The third-order valence-corrected chi connectivity index (χ3v) is 9.44. The van der Waals surface area contributed by atoms with Crippen molar-refractivity contribution in [1.29, 1.82) is 0 Å². The molecule has 1 aliphatic heterocycles. The molecule has 4 rings (SSSR count). The normalized spacial score (nSPS) is 16.7. The summed E-state index contributed by atoms with van der Waals surface area (Å²) in [6.07, 6.45) is 3.21. The lowest BCUT2D eigenvalue weighted by Gasteiger charge is -2.35. The van der Waals surface area contributed by atoms with Gasteiger partial charge < -0.3 is 20.3 Å². The molecule has 1 saturated heterocycles. The first-order valence-corrected chi connectivity index (χ1v) is 15.4. The quantitative estimate of drug-likeness (QED) is 0.273. The Kier molecular flexibility index (Phi) is 9.49. The highest BCUT2D eigenvalue weighted by Crippen LogP contribution is 2.23. The number of para-hydroxylation sites is 1. The van der Waals surface area contributed by atoms with Crippen LogP contribution >= 0.6 is 0 Å². The fourth-order valence-corrected chi connectivity index (χ4v) is 6.46. The van der Waals surface area contributed by atoms with Crippen LogP contribution in [0.4, 0.5) is 0 Å². The number of aromatic nitrogens is 1. The summed E-state index contributed by atoms with van der Waals surface area (Å²) in [6, 6.07) is 12.0. The summed E-state index contributed by atoms with van der Waals surface area (Å²) in [5, 5.41) is 13.4. The van der Waals surface area contributed by atoms with E-state index in [4.69, 9.17) is 0 Å². The lowest BCUT2D eigenvalue weighted by molar-refractivity contribution is -0.143. The van der Waals surface area contributed by atoms with Crippen LogP contribution in [0.1, 0.15) is 44.2 Å². The van der Waals surface area contributed by atoms with E-state index < -0.39 is 34.0 Å². The minimum Gasteiger partial charge on any atom is -0.480 e. The SMILES string of the molecule is CCC(C)[C@H](NS(=O)(=O)c1ccc(C)cc1)C(=O)N1CCC(C(=O)N[C@@H](Cc2c[nH]c3ccccc23)C(=O)O)CC1. The number of aliphatic carboxylic acids is 1. The highest BCUT2D eigenvalue weighted by Gasteiger charge is 2.36. The number of piperidine rings is 1. The molecule has 41 heavy (non-hydrogen) atoms. The van der Waals surface area contributed by atoms with Gasteiger partial charge in [-0.05, 0) is 49.4 Å². The molecule has 2 aromatic carbocycles. The predicted octanol–water partition coefficient (Wildman–Crippen LogP) is 3.22. The first-order chi connectivity index (χ1) is 19.5. The summed E-state index contributed by atoms with van der Waals surface area (Å²) in [6.45, 7) is 6.15. The molecule has 1 aromatic heterocycles. The van der Waals surface area contributed by atoms with E-state index in [2.05, 4.69) is 15.0 Å². The minimum atomic E-state index is -3.92. The minimum absolute atomic E-state index is 0.0974. The molecule has 11 heteroatoms. The molecule has 1 fully saturated rings. The number of carboxylic acid groups (broad SMARTS) is 1. The Morgan fingerprint density at radius 1 is 1.07 bits per heavy atom. The number of rotatable bonds is 11. The molecule has 3 aromatic rings. The van der Waals surface area contributed by atoms with Crippen molar-refractivity contribution in [3.63, 3.8) is 0 Å². The van der Waals surface area contributed by atoms with Crippen LogP contribution in [-0.2, 0) is 30.8 Å². The van der Waals surface area contributed by atoms with Crippen LogP contribution in [0.15, 0.2) is 59.6 Å². The molecule has 2 amide bonds. The van der Waals surface area contributed by atoms with Gasteiger partial charge in [0.05, 0.1) is 4.90 Å². The highest BCUT2D eigenvalue weighted by molar-refractivity contribution is 7.89. The zero-order chi connectivity index (χ0) is 29.7. The first-order valence-electron chi connectivity index (χ1n) is 14.0. The number of hydrogen-bond acceptors (Lipinski definition) is 5. The van der Waals surface area contributed by atoms with Crippen LogP contribution in [0, 0.1) is 18.8 Å². The van der Waals surface area contributed by atoms with E-state index in [1.165, 1.54) is 12.1 Å². The Labute approximate surface area is 240 Å². The van der Waals surface area contributed by atoms with Gasteiger partial charge in [-0.2, -0.15) is 4.72 Å². The van der Waals surface area contributed by atoms with Crippen LogP contribution in [-0.4, -0.2) is 66.4 Å². The molecule has 1 unspecified atom stereocenters. The summed E-state index contributed by atoms with van der Waals surface area (Å²) in [4.78, 5) is 43.4.